The zero-order chi connectivity index (χ0) is 15.1. The van der Waals surface area contributed by atoms with Crippen LogP contribution < -0.4 is 5.73 Å². The number of halogens is 2. The minimum atomic E-state index is -4.22. The fourth-order valence-corrected chi connectivity index (χ4v) is 3.73. The maximum absolute atomic E-state index is 13.7. The van der Waals surface area contributed by atoms with Crippen LogP contribution in [0.5, 0.6) is 0 Å². The van der Waals surface area contributed by atoms with Gasteiger partial charge in [-0.2, -0.15) is 4.31 Å². The highest BCUT2D eigenvalue weighted by Gasteiger charge is 2.35. The van der Waals surface area contributed by atoms with Crippen LogP contribution in [0.1, 0.15) is 13.3 Å². The van der Waals surface area contributed by atoms with Gasteiger partial charge in [-0.25, -0.2) is 17.2 Å². The predicted molar refractivity (Wildman–Crippen MR) is 69.3 cm³/mol. The molecule has 1 aliphatic heterocycles. The van der Waals surface area contributed by atoms with E-state index >= 15 is 0 Å². The van der Waals surface area contributed by atoms with Crippen LogP contribution in [-0.4, -0.2) is 37.0 Å². The Morgan fingerprint density at radius 2 is 2.05 bits per heavy atom. The van der Waals surface area contributed by atoms with Crippen LogP contribution in [0, 0.1) is 17.6 Å². The lowest BCUT2D eigenvalue weighted by atomic mass is 9.98. The average Bonchev–Trinajstić information content (AvgIpc) is 2.36. The summed E-state index contributed by atoms with van der Waals surface area (Å²) in [6.45, 7) is 1.81. The quantitative estimate of drug-likeness (QED) is 0.797. The molecule has 0 aromatic heterocycles. The van der Waals surface area contributed by atoms with Crippen LogP contribution in [0.3, 0.4) is 0 Å². The molecule has 5 nitrogen and oxygen atoms in total. The van der Waals surface area contributed by atoms with Gasteiger partial charge in [0.1, 0.15) is 4.90 Å². The zero-order valence-corrected chi connectivity index (χ0v) is 11.7. The van der Waals surface area contributed by atoms with Crippen molar-refractivity contribution >= 4 is 15.7 Å². The second kappa shape index (κ2) is 5.27. The molecule has 0 aliphatic carbocycles. The van der Waals surface area contributed by atoms with Gasteiger partial charge in [0, 0.05) is 18.8 Å². The van der Waals surface area contributed by atoms with Gasteiger partial charge >= 0.3 is 0 Å². The number of nitrogens with two attached hydrogens (primary N) is 1. The lowest BCUT2D eigenvalue weighted by molar-refractivity contribution is 0.0604. The molecule has 112 valence electrons. The average molecular weight is 306 g/mol. The van der Waals surface area contributed by atoms with Crippen LogP contribution in [0.4, 0.5) is 14.5 Å². The van der Waals surface area contributed by atoms with Crippen LogP contribution in [-0.2, 0) is 10.0 Å². The van der Waals surface area contributed by atoms with Crippen molar-refractivity contribution in [1.29, 1.82) is 0 Å². The molecule has 2 unspecified atom stereocenters. The number of aliphatic hydroxyl groups is 1. The van der Waals surface area contributed by atoms with Crippen molar-refractivity contribution in [2.24, 2.45) is 5.92 Å². The smallest absolute Gasteiger partial charge is 0.246 e. The van der Waals surface area contributed by atoms with Crippen molar-refractivity contribution in [2.75, 3.05) is 18.8 Å². The molecule has 1 aromatic carbocycles. The summed E-state index contributed by atoms with van der Waals surface area (Å²) in [6.07, 6.45) is -0.375. The lowest BCUT2D eigenvalue weighted by Gasteiger charge is -2.33. The first-order valence-electron chi connectivity index (χ1n) is 6.16. The standard InChI is InChI=1S/C12H16F2N2O3S/c1-7-2-3-16(6-10(7)17)20(18,19)11-5-8(15)4-9(13)12(11)14/h4-5,7,10,17H,2-3,6,15H2,1H3. The second-order valence-corrected chi connectivity index (χ2v) is 6.92. The summed E-state index contributed by atoms with van der Waals surface area (Å²) in [7, 11) is -4.22. The molecular weight excluding hydrogens is 290 g/mol. The molecule has 0 spiro atoms. The molecule has 0 amide bonds. The maximum atomic E-state index is 13.7. The summed E-state index contributed by atoms with van der Waals surface area (Å²) >= 11 is 0. The molecule has 1 fully saturated rings. The molecule has 8 heteroatoms. The van der Waals surface area contributed by atoms with Crippen molar-refractivity contribution in [3.8, 4) is 0 Å². The van der Waals surface area contributed by atoms with E-state index in [0.29, 0.717) is 6.42 Å². The molecule has 2 atom stereocenters. The summed E-state index contributed by atoms with van der Waals surface area (Å²) in [5, 5.41) is 9.74. The van der Waals surface area contributed by atoms with E-state index in [-0.39, 0.29) is 24.7 Å². The Morgan fingerprint density at radius 1 is 1.40 bits per heavy atom. The van der Waals surface area contributed by atoms with E-state index < -0.39 is 32.7 Å². The first-order chi connectivity index (χ1) is 9.23. The Hall–Kier alpha value is -1.25. The molecule has 1 saturated heterocycles. The van der Waals surface area contributed by atoms with Crippen LogP contribution in [0.15, 0.2) is 17.0 Å². The normalized spacial score (nSPS) is 24.8. The summed E-state index contributed by atoms with van der Waals surface area (Å²) in [6, 6.07) is 1.61. The summed E-state index contributed by atoms with van der Waals surface area (Å²) < 4.78 is 52.6. The molecule has 3 N–H and O–H groups in total. The monoisotopic (exact) mass is 306 g/mol. The van der Waals surface area contributed by atoms with Gasteiger partial charge in [0.25, 0.3) is 0 Å². The van der Waals surface area contributed by atoms with Crippen molar-refractivity contribution in [3.05, 3.63) is 23.8 Å². The second-order valence-electron chi connectivity index (χ2n) is 5.01. The van der Waals surface area contributed by atoms with Gasteiger partial charge in [-0.05, 0) is 24.5 Å². The largest absolute Gasteiger partial charge is 0.399 e. The molecule has 0 bridgehead atoms. The Balaban J connectivity index is 2.41. The topological polar surface area (TPSA) is 83.6 Å². The number of nitrogens with zero attached hydrogens (tertiary/aromatic N) is 1. The molecular formula is C12H16F2N2O3S. The number of anilines is 1. The number of sulfonamides is 1. The van der Waals surface area contributed by atoms with Gasteiger partial charge in [0.15, 0.2) is 11.6 Å². The SMILES string of the molecule is CC1CCN(S(=O)(=O)c2cc(N)cc(F)c2F)CC1O. The van der Waals surface area contributed by atoms with Crippen molar-refractivity contribution < 1.29 is 22.3 Å². The van der Waals surface area contributed by atoms with Crippen molar-refractivity contribution in [2.45, 2.75) is 24.3 Å². The lowest BCUT2D eigenvalue weighted by Crippen LogP contribution is -2.45. The fourth-order valence-electron chi connectivity index (χ4n) is 2.15. The number of hydrogen-bond acceptors (Lipinski definition) is 4. The fraction of sp³-hybridized carbons (Fsp3) is 0.500. The minimum absolute atomic E-state index is 0.0381. The maximum Gasteiger partial charge on any atom is 0.246 e. The van der Waals surface area contributed by atoms with E-state index in [9.17, 15) is 22.3 Å². The number of nitrogen functional groups attached to an aromatic ring is 1. The van der Waals surface area contributed by atoms with Crippen LogP contribution in [0.2, 0.25) is 0 Å². The molecule has 1 heterocycles. The number of hydrogen-bond donors (Lipinski definition) is 2. The third kappa shape index (κ3) is 2.63. The third-order valence-electron chi connectivity index (χ3n) is 3.52. The molecule has 1 aromatic rings. The Morgan fingerprint density at radius 3 is 2.65 bits per heavy atom. The van der Waals surface area contributed by atoms with Crippen LogP contribution in [0.25, 0.3) is 0 Å². The molecule has 1 aliphatic rings. The highest BCUT2D eigenvalue weighted by Crippen LogP contribution is 2.27. The minimum Gasteiger partial charge on any atom is -0.399 e. The number of benzene rings is 1. The van der Waals surface area contributed by atoms with Gasteiger partial charge in [0.2, 0.25) is 10.0 Å². The summed E-state index contributed by atoms with van der Waals surface area (Å²) in [5.74, 6) is -2.80. The zero-order valence-electron chi connectivity index (χ0n) is 10.9. The highest BCUT2D eigenvalue weighted by molar-refractivity contribution is 7.89. The van der Waals surface area contributed by atoms with Gasteiger partial charge in [0.05, 0.1) is 6.10 Å². The Kier molecular flexibility index (Phi) is 3.99. The van der Waals surface area contributed by atoms with E-state index in [2.05, 4.69) is 0 Å². The van der Waals surface area contributed by atoms with Gasteiger partial charge in [-0.15, -0.1) is 0 Å². The Labute approximate surface area is 116 Å². The molecule has 2 rings (SSSR count). The predicted octanol–water partition coefficient (Wildman–Crippen LogP) is 0.938. The first kappa shape index (κ1) is 15.1. The highest BCUT2D eigenvalue weighted by atomic mass is 32.2. The van der Waals surface area contributed by atoms with Gasteiger partial charge < -0.3 is 10.8 Å². The molecule has 20 heavy (non-hydrogen) atoms. The third-order valence-corrected chi connectivity index (χ3v) is 5.38. The van der Waals surface area contributed by atoms with E-state index in [4.69, 9.17) is 5.73 Å². The molecule has 0 radical (unpaired) electrons. The first-order valence-corrected chi connectivity index (χ1v) is 7.60. The van der Waals surface area contributed by atoms with Gasteiger partial charge in [-0.1, -0.05) is 6.92 Å². The number of rotatable bonds is 2. The number of piperidine rings is 1. The van der Waals surface area contributed by atoms with E-state index in [0.717, 1.165) is 16.4 Å². The molecule has 0 saturated carbocycles. The van der Waals surface area contributed by atoms with E-state index in [1.54, 1.807) is 6.92 Å². The van der Waals surface area contributed by atoms with E-state index in [1.807, 2.05) is 0 Å². The number of aliphatic hydroxyl groups excluding tert-OH is 1. The number of β-amino-alcohol motifs (C(OH)–C–C–N with tert-alkyl or cyclic N) is 1. The summed E-state index contributed by atoms with van der Waals surface area (Å²) in [5.41, 5.74) is 5.19. The van der Waals surface area contributed by atoms with E-state index in [1.165, 1.54) is 0 Å². The van der Waals surface area contributed by atoms with Crippen LogP contribution >= 0.6 is 0 Å². The van der Waals surface area contributed by atoms with Crippen molar-refractivity contribution in [3.63, 3.8) is 0 Å². The van der Waals surface area contributed by atoms with Gasteiger partial charge in [-0.3, -0.25) is 0 Å². The Bertz CT molecular complexity index is 621. The van der Waals surface area contributed by atoms with Crippen molar-refractivity contribution in [1.82, 2.24) is 4.31 Å². The summed E-state index contributed by atoms with van der Waals surface area (Å²) in [4.78, 5) is -0.795.